The molecule has 0 aliphatic heterocycles. The number of carbonyl (C=O) groups is 2. The van der Waals surface area contributed by atoms with Gasteiger partial charge in [0.15, 0.2) is 4.34 Å². The van der Waals surface area contributed by atoms with E-state index in [4.69, 9.17) is 11.6 Å². The lowest BCUT2D eigenvalue weighted by atomic mass is 10.2. The highest BCUT2D eigenvalue weighted by atomic mass is 35.5. The van der Waals surface area contributed by atoms with E-state index >= 15 is 0 Å². The molecular weight excluding hydrogens is 368 g/mol. The van der Waals surface area contributed by atoms with Gasteiger partial charge in [-0.3, -0.25) is 9.59 Å². The van der Waals surface area contributed by atoms with Crippen LogP contribution in [0.2, 0.25) is 5.02 Å². The number of benzene rings is 1. The first-order chi connectivity index (χ1) is 11.6. The highest BCUT2D eigenvalue weighted by molar-refractivity contribution is 8.01. The van der Waals surface area contributed by atoms with Crippen molar-refractivity contribution in [3.05, 3.63) is 47.5 Å². The molecule has 1 heterocycles. The third kappa shape index (κ3) is 5.63. The van der Waals surface area contributed by atoms with Crippen LogP contribution in [0, 0.1) is 0 Å². The molecule has 0 saturated heterocycles. The summed E-state index contributed by atoms with van der Waals surface area (Å²) >= 11 is 8.74. The second-order valence-corrected chi connectivity index (χ2v) is 7.16. The lowest BCUT2D eigenvalue weighted by Crippen LogP contribution is -2.27. The first kappa shape index (κ1) is 18.4. The van der Waals surface area contributed by atoms with E-state index < -0.39 is 0 Å². The quantitative estimate of drug-likeness (QED) is 0.416. The van der Waals surface area contributed by atoms with Crippen LogP contribution >= 0.6 is 34.7 Å². The number of amides is 2. The summed E-state index contributed by atoms with van der Waals surface area (Å²) in [5.74, 6) is 0.176. The maximum Gasteiger partial charge on any atom is 0.252 e. The molecule has 0 unspecified atom stereocenters. The van der Waals surface area contributed by atoms with Gasteiger partial charge >= 0.3 is 0 Å². The van der Waals surface area contributed by atoms with Gasteiger partial charge in [0.05, 0.1) is 10.6 Å². The molecule has 126 valence electrons. The Balaban J connectivity index is 1.75. The van der Waals surface area contributed by atoms with Crippen molar-refractivity contribution in [1.29, 1.82) is 0 Å². The van der Waals surface area contributed by atoms with Crippen molar-refractivity contribution in [1.82, 2.24) is 15.5 Å². The average Bonchev–Trinajstić information content (AvgIpc) is 3.00. The maximum absolute atomic E-state index is 12.0. The molecular formula is C15H15ClN4O2S2. The van der Waals surface area contributed by atoms with Crippen molar-refractivity contribution in [2.24, 2.45) is 0 Å². The predicted octanol–water partition coefficient (Wildman–Crippen LogP) is 3.23. The van der Waals surface area contributed by atoms with Crippen LogP contribution in [0.15, 0.2) is 41.3 Å². The van der Waals surface area contributed by atoms with Gasteiger partial charge in [0.2, 0.25) is 11.0 Å². The lowest BCUT2D eigenvalue weighted by Gasteiger charge is -2.06. The maximum atomic E-state index is 12.0. The molecule has 1 aromatic heterocycles. The van der Waals surface area contributed by atoms with E-state index in [2.05, 4.69) is 27.4 Å². The van der Waals surface area contributed by atoms with Gasteiger partial charge in [-0.05, 0) is 12.1 Å². The van der Waals surface area contributed by atoms with Gasteiger partial charge in [-0.25, -0.2) is 0 Å². The smallest absolute Gasteiger partial charge is 0.252 e. The zero-order chi connectivity index (χ0) is 17.4. The highest BCUT2D eigenvalue weighted by Gasteiger charge is 2.11. The van der Waals surface area contributed by atoms with Crippen molar-refractivity contribution in [2.45, 2.75) is 10.8 Å². The highest BCUT2D eigenvalue weighted by Crippen LogP contribution is 2.25. The number of nitrogens with one attached hydrogen (secondary N) is 2. The SMILES string of the molecule is C=CCSc1nnc(NC(=O)CCNC(=O)c2ccccc2Cl)s1. The summed E-state index contributed by atoms with van der Waals surface area (Å²) in [6.07, 6.45) is 1.90. The van der Waals surface area contributed by atoms with Crippen molar-refractivity contribution >= 4 is 51.6 Å². The minimum absolute atomic E-state index is 0.130. The van der Waals surface area contributed by atoms with Crippen LogP contribution in [0.4, 0.5) is 5.13 Å². The Hall–Kier alpha value is -1.90. The van der Waals surface area contributed by atoms with Crippen LogP contribution in [-0.2, 0) is 4.79 Å². The Bertz CT molecular complexity index is 736. The Morgan fingerprint density at radius 2 is 2.12 bits per heavy atom. The lowest BCUT2D eigenvalue weighted by molar-refractivity contribution is -0.116. The minimum Gasteiger partial charge on any atom is -0.351 e. The summed E-state index contributed by atoms with van der Waals surface area (Å²) in [5, 5.41) is 14.0. The molecule has 9 heteroatoms. The second-order valence-electron chi connectivity index (χ2n) is 4.51. The van der Waals surface area contributed by atoms with Crippen LogP contribution in [-0.4, -0.2) is 34.3 Å². The summed E-state index contributed by atoms with van der Waals surface area (Å²) in [6.45, 7) is 3.83. The van der Waals surface area contributed by atoms with Crippen molar-refractivity contribution in [2.75, 3.05) is 17.6 Å². The van der Waals surface area contributed by atoms with Crippen LogP contribution in [0.3, 0.4) is 0 Å². The minimum atomic E-state index is -0.313. The van der Waals surface area contributed by atoms with Crippen LogP contribution in [0.5, 0.6) is 0 Å². The summed E-state index contributed by atoms with van der Waals surface area (Å²) in [6, 6.07) is 6.74. The van der Waals surface area contributed by atoms with E-state index in [1.807, 2.05) is 0 Å². The molecule has 0 aliphatic carbocycles. The van der Waals surface area contributed by atoms with Crippen molar-refractivity contribution in [3.8, 4) is 0 Å². The van der Waals surface area contributed by atoms with Crippen molar-refractivity contribution < 1.29 is 9.59 Å². The average molecular weight is 383 g/mol. The normalized spacial score (nSPS) is 10.2. The number of hydrogen-bond acceptors (Lipinski definition) is 6. The second kappa shape index (κ2) is 9.41. The fourth-order valence-electron chi connectivity index (χ4n) is 1.66. The van der Waals surface area contributed by atoms with Crippen molar-refractivity contribution in [3.63, 3.8) is 0 Å². The Kier molecular flexibility index (Phi) is 7.23. The summed E-state index contributed by atoms with van der Waals surface area (Å²) < 4.78 is 0.761. The van der Waals surface area contributed by atoms with E-state index in [9.17, 15) is 9.59 Å². The van der Waals surface area contributed by atoms with Crippen LogP contribution in [0.1, 0.15) is 16.8 Å². The Labute approximate surface area is 152 Å². The first-order valence-corrected chi connectivity index (χ1v) is 9.18. The summed E-state index contributed by atoms with van der Waals surface area (Å²) in [4.78, 5) is 23.8. The van der Waals surface area contributed by atoms with Crippen LogP contribution < -0.4 is 10.6 Å². The number of carbonyl (C=O) groups excluding carboxylic acids is 2. The first-order valence-electron chi connectivity index (χ1n) is 7.00. The molecule has 2 amide bonds. The van der Waals surface area contributed by atoms with Gasteiger partial charge in [0.25, 0.3) is 5.91 Å². The molecule has 0 atom stereocenters. The predicted molar refractivity (Wildman–Crippen MR) is 97.9 cm³/mol. The molecule has 6 nitrogen and oxygen atoms in total. The van der Waals surface area contributed by atoms with E-state index in [1.165, 1.54) is 23.1 Å². The summed E-state index contributed by atoms with van der Waals surface area (Å²) in [7, 11) is 0. The monoisotopic (exact) mass is 382 g/mol. The number of rotatable bonds is 8. The number of halogens is 1. The number of nitrogens with zero attached hydrogens (tertiary/aromatic N) is 2. The molecule has 0 fully saturated rings. The molecule has 0 radical (unpaired) electrons. The fraction of sp³-hybridized carbons (Fsp3) is 0.200. The Morgan fingerprint density at radius 3 is 2.88 bits per heavy atom. The molecule has 2 N–H and O–H groups in total. The zero-order valence-electron chi connectivity index (χ0n) is 12.6. The van der Waals surface area contributed by atoms with E-state index in [1.54, 1.807) is 30.3 Å². The third-order valence-corrected chi connectivity index (χ3v) is 5.03. The molecule has 2 aromatic rings. The molecule has 1 aromatic carbocycles. The van der Waals surface area contributed by atoms with Gasteiger partial charge in [0.1, 0.15) is 0 Å². The van der Waals surface area contributed by atoms with Gasteiger partial charge in [-0.2, -0.15) is 0 Å². The zero-order valence-corrected chi connectivity index (χ0v) is 15.0. The van der Waals surface area contributed by atoms with Crippen LogP contribution in [0.25, 0.3) is 0 Å². The standard InChI is InChI=1S/C15H15ClN4O2S2/c1-2-9-23-15-20-19-14(24-15)18-12(21)7-8-17-13(22)10-5-3-4-6-11(10)16/h2-6H,1,7-9H2,(H,17,22)(H,18,19,21). The molecule has 24 heavy (non-hydrogen) atoms. The molecule has 2 rings (SSSR count). The Morgan fingerprint density at radius 1 is 1.33 bits per heavy atom. The largest absolute Gasteiger partial charge is 0.351 e. The third-order valence-electron chi connectivity index (χ3n) is 2.73. The van der Waals surface area contributed by atoms with Gasteiger partial charge in [-0.15, -0.1) is 16.8 Å². The number of hydrogen-bond donors (Lipinski definition) is 2. The number of anilines is 1. The molecule has 0 spiro atoms. The molecule has 0 bridgehead atoms. The van der Waals surface area contributed by atoms with E-state index in [0.717, 1.165) is 10.1 Å². The molecule has 0 saturated carbocycles. The van der Waals surface area contributed by atoms with E-state index in [-0.39, 0.29) is 24.8 Å². The molecule has 0 aliphatic rings. The van der Waals surface area contributed by atoms with Gasteiger partial charge in [-0.1, -0.05) is 52.9 Å². The topological polar surface area (TPSA) is 84.0 Å². The summed E-state index contributed by atoms with van der Waals surface area (Å²) in [5.41, 5.74) is 0.382. The van der Waals surface area contributed by atoms with Gasteiger partial charge in [0, 0.05) is 18.7 Å². The number of aromatic nitrogens is 2. The fourth-order valence-corrected chi connectivity index (χ4v) is 3.41. The van der Waals surface area contributed by atoms with Gasteiger partial charge < -0.3 is 10.6 Å². The van der Waals surface area contributed by atoms with E-state index in [0.29, 0.717) is 15.7 Å². The number of thioether (sulfide) groups is 1.